The molecule has 0 saturated heterocycles. The van der Waals surface area contributed by atoms with Crippen LogP contribution in [0.3, 0.4) is 0 Å². The van der Waals surface area contributed by atoms with Gasteiger partial charge in [-0.1, -0.05) is 67.9 Å². The molecule has 2 aromatic carbocycles. The summed E-state index contributed by atoms with van der Waals surface area (Å²) in [7, 11) is 0. The number of benzene rings is 2. The Labute approximate surface area is 250 Å². The van der Waals surface area contributed by atoms with Gasteiger partial charge in [-0.15, -0.1) is 0 Å². The summed E-state index contributed by atoms with van der Waals surface area (Å²) < 4.78 is 44.8. The van der Waals surface area contributed by atoms with E-state index in [2.05, 4.69) is 12.2 Å². The van der Waals surface area contributed by atoms with Gasteiger partial charge in [-0.2, -0.15) is 0 Å². The fourth-order valence-corrected chi connectivity index (χ4v) is 7.05. The second-order valence-electron chi connectivity index (χ2n) is 12.0. The van der Waals surface area contributed by atoms with Crippen LogP contribution in [0.25, 0.3) is 5.57 Å². The maximum Gasteiger partial charge on any atom is 0.249 e. The molecule has 0 radical (unpaired) electrons. The Bertz CT molecular complexity index is 1390. The molecule has 9 heteroatoms. The Morgan fingerprint density at radius 1 is 1.21 bits per heavy atom. The fourth-order valence-electron chi connectivity index (χ4n) is 6.80. The van der Waals surface area contributed by atoms with E-state index in [9.17, 15) is 9.90 Å². The molecule has 5 rings (SSSR count). The predicted octanol–water partition coefficient (Wildman–Crippen LogP) is 5.95. The summed E-state index contributed by atoms with van der Waals surface area (Å²) in [5, 5.41) is 12.7. The van der Waals surface area contributed by atoms with Crippen LogP contribution in [0, 0.1) is 11.7 Å². The van der Waals surface area contributed by atoms with Gasteiger partial charge in [-0.3, -0.25) is 4.79 Å². The monoisotopic (exact) mass is 600 g/mol. The van der Waals surface area contributed by atoms with Gasteiger partial charge in [-0.05, 0) is 44.1 Å². The van der Waals surface area contributed by atoms with Crippen molar-refractivity contribution in [3.05, 3.63) is 81.7 Å². The van der Waals surface area contributed by atoms with Crippen molar-refractivity contribution >= 4 is 23.1 Å². The van der Waals surface area contributed by atoms with E-state index in [0.29, 0.717) is 24.1 Å². The lowest BCUT2D eigenvalue weighted by Crippen LogP contribution is -2.48. The second kappa shape index (κ2) is 12.1. The van der Waals surface area contributed by atoms with Crippen molar-refractivity contribution < 1.29 is 28.2 Å². The number of aliphatic hydroxyl groups excluding tert-OH is 1. The van der Waals surface area contributed by atoms with Crippen molar-refractivity contribution in [2.45, 2.75) is 75.8 Å². The van der Waals surface area contributed by atoms with E-state index < -0.39 is 35.0 Å². The minimum Gasteiger partial charge on any atom is -0.480 e. The Morgan fingerprint density at radius 3 is 2.55 bits per heavy atom. The summed E-state index contributed by atoms with van der Waals surface area (Å²) in [6.45, 7) is 5.45. The third-order valence-electron chi connectivity index (χ3n) is 9.21. The predicted molar refractivity (Wildman–Crippen MR) is 160 cm³/mol. The van der Waals surface area contributed by atoms with Crippen molar-refractivity contribution in [3.63, 3.8) is 0 Å². The molecule has 42 heavy (non-hydrogen) atoms. The molecule has 2 aromatic rings. The zero-order valence-corrected chi connectivity index (χ0v) is 25.0. The van der Waals surface area contributed by atoms with Gasteiger partial charge in [0.15, 0.2) is 11.3 Å². The molecule has 1 amide bonds. The average molecular weight is 601 g/mol. The molecule has 0 spiro atoms. The van der Waals surface area contributed by atoms with Gasteiger partial charge < -0.3 is 25.6 Å². The van der Waals surface area contributed by atoms with Crippen LogP contribution in [0.4, 0.5) is 8.78 Å². The lowest BCUT2D eigenvalue weighted by molar-refractivity contribution is -0.114. The molecule has 226 valence electrons. The number of carbonyl (C=O) groups is 1. The molecule has 6 nitrogen and oxygen atoms in total. The Morgan fingerprint density at radius 2 is 1.90 bits per heavy atom. The number of halogens is 3. The number of amides is 1. The minimum atomic E-state index is -2.34. The second-order valence-corrected chi connectivity index (χ2v) is 12.4. The van der Waals surface area contributed by atoms with Crippen LogP contribution in [0.2, 0.25) is 5.02 Å². The summed E-state index contributed by atoms with van der Waals surface area (Å²) in [5.41, 5.74) is 3.58. The van der Waals surface area contributed by atoms with Crippen molar-refractivity contribution in [1.82, 2.24) is 5.32 Å². The maximum absolute atomic E-state index is 16.9. The molecule has 3 aliphatic rings. The van der Waals surface area contributed by atoms with E-state index in [-0.39, 0.29) is 40.7 Å². The first kappa shape index (κ1) is 30.7. The van der Waals surface area contributed by atoms with Crippen LogP contribution < -0.4 is 15.8 Å². The van der Waals surface area contributed by atoms with Crippen LogP contribution in [0.5, 0.6) is 5.75 Å². The van der Waals surface area contributed by atoms with Crippen LogP contribution in [0.1, 0.15) is 69.1 Å². The van der Waals surface area contributed by atoms with E-state index in [0.717, 1.165) is 31.2 Å². The number of alkyl halides is 1. The van der Waals surface area contributed by atoms with Crippen LogP contribution >= 0.6 is 11.6 Å². The molecule has 4 atom stereocenters. The Balaban J connectivity index is 1.66. The summed E-state index contributed by atoms with van der Waals surface area (Å²) >= 11 is 6.67. The zero-order chi connectivity index (χ0) is 30.2. The lowest BCUT2D eigenvalue weighted by atomic mass is 9.73. The molecule has 1 fully saturated rings. The summed E-state index contributed by atoms with van der Waals surface area (Å²) in [5.74, 6) is -1.18. The lowest BCUT2D eigenvalue weighted by Gasteiger charge is -2.38. The normalized spacial score (nSPS) is 30.7. The molecule has 0 aromatic heterocycles. The number of hydrogen-bond acceptors (Lipinski definition) is 5. The van der Waals surface area contributed by atoms with Crippen molar-refractivity contribution in [2.24, 2.45) is 11.7 Å². The van der Waals surface area contributed by atoms with Gasteiger partial charge in [0, 0.05) is 46.8 Å². The number of hydrogen-bond donors (Lipinski definition) is 3. The SMILES string of the molecule is CC1CCC(NC[C@]2(c3ccccc3)Oc3cc(F)c(Cl)c(C4=C(C(N)=O)C=CC(OCCO)C4(C)F)c3[C@@H]2C)CC1. The van der Waals surface area contributed by atoms with Crippen LogP contribution in [-0.4, -0.2) is 48.6 Å². The van der Waals surface area contributed by atoms with E-state index in [4.69, 9.17) is 26.8 Å². The number of rotatable bonds is 9. The van der Waals surface area contributed by atoms with Gasteiger partial charge in [0.25, 0.3) is 0 Å². The van der Waals surface area contributed by atoms with Crippen molar-refractivity contribution in [1.29, 1.82) is 0 Å². The molecular weight excluding hydrogens is 562 g/mol. The highest BCUT2D eigenvalue weighted by molar-refractivity contribution is 6.33. The molecule has 1 aliphatic heterocycles. The first-order valence-corrected chi connectivity index (χ1v) is 15.0. The number of aliphatic hydroxyl groups is 1. The molecule has 0 bridgehead atoms. The van der Waals surface area contributed by atoms with Crippen LogP contribution in [0.15, 0.2) is 54.1 Å². The average Bonchev–Trinajstić information content (AvgIpc) is 3.24. The van der Waals surface area contributed by atoms with Gasteiger partial charge in [-0.25, -0.2) is 8.78 Å². The molecule has 1 saturated carbocycles. The molecule has 2 unspecified atom stereocenters. The largest absolute Gasteiger partial charge is 0.480 e. The molecule has 1 heterocycles. The van der Waals surface area contributed by atoms with Gasteiger partial charge in [0.1, 0.15) is 17.7 Å². The highest BCUT2D eigenvalue weighted by Crippen LogP contribution is 2.57. The van der Waals surface area contributed by atoms with E-state index in [1.807, 2.05) is 37.3 Å². The standard InChI is InChI=1S/C33H39ClF2N2O4/c1-19-9-11-22(12-10-19)38-18-33(21-7-5-4-6-8-21)20(2)27-25(42-33)17-24(35)30(34)28(27)29-23(31(37)40)13-14-26(32(29,3)36)41-16-15-39/h4-8,13-14,17,19-20,22,26,38-39H,9-12,15-16,18H2,1-3H3,(H2,37,40)/t19?,20-,22?,26?,32?,33-/m0/s1. The number of fused-ring (bicyclic) bond motifs is 1. The molecular formula is C33H39ClF2N2O4. The number of primary amides is 1. The van der Waals surface area contributed by atoms with Crippen molar-refractivity contribution in [2.75, 3.05) is 19.8 Å². The maximum atomic E-state index is 16.9. The number of nitrogens with one attached hydrogen (secondary N) is 1. The topological polar surface area (TPSA) is 93.8 Å². The first-order chi connectivity index (χ1) is 20.0. The van der Waals surface area contributed by atoms with E-state index in [1.54, 1.807) is 0 Å². The van der Waals surface area contributed by atoms with E-state index in [1.165, 1.54) is 25.1 Å². The fraction of sp³-hybridized carbons (Fsp3) is 0.485. The smallest absolute Gasteiger partial charge is 0.249 e. The Kier molecular flexibility index (Phi) is 8.82. The summed E-state index contributed by atoms with van der Waals surface area (Å²) in [6.07, 6.45) is 5.98. The third kappa shape index (κ3) is 5.39. The highest BCUT2D eigenvalue weighted by atomic mass is 35.5. The molecule has 2 aliphatic carbocycles. The van der Waals surface area contributed by atoms with Crippen LogP contribution in [-0.2, 0) is 15.1 Å². The number of ether oxygens (including phenoxy) is 2. The minimum absolute atomic E-state index is 0.0456. The van der Waals surface area contributed by atoms with Crippen molar-refractivity contribution in [3.8, 4) is 5.75 Å². The summed E-state index contributed by atoms with van der Waals surface area (Å²) in [6, 6.07) is 11.3. The number of carbonyl (C=O) groups excluding carboxylic acids is 1. The van der Waals surface area contributed by atoms with Gasteiger partial charge >= 0.3 is 0 Å². The highest BCUT2D eigenvalue weighted by Gasteiger charge is 2.52. The van der Waals surface area contributed by atoms with E-state index >= 15 is 8.78 Å². The third-order valence-corrected chi connectivity index (χ3v) is 9.58. The Hall–Kier alpha value is -2.78. The first-order valence-electron chi connectivity index (χ1n) is 14.7. The van der Waals surface area contributed by atoms with Gasteiger partial charge in [0.2, 0.25) is 5.91 Å². The zero-order valence-electron chi connectivity index (χ0n) is 24.3. The summed E-state index contributed by atoms with van der Waals surface area (Å²) in [4.78, 5) is 12.7. The van der Waals surface area contributed by atoms with Gasteiger partial charge in [0.05, 0.1) is 18.2 Å². The number of nitrogens with two attached hydrogens (primary N) is 1. The molecule has 4 N–H and O–H groups in total. The quantitative estimate of drug-likeness (QED) is 0.331.